The topological polar surface area (TPSA) is 120 Å². The number of nitrogens with two attached hydrogens (primary N) is 1. The molecule has 5 N–H and O–H groups in total. The molecule has 2 aromatic heterocycles. The molecule has 1 amide bonds. The number of hydrogen-bond acceptors (Lipinski definition) is 6. The van der Waals surface area contributed by atoms with E-state index in [1.54, 1.807) is 18.5 Å². The smallest absolute Gasteiger partial charge is 0.240 e. The number of benzene rings is 1. The molecule has 0 aliphatic carbocycles. The summed E-state index contributed by atoms with van der Waals surface area (Å²) in [7, 11) is 0. The SMILES string of the molecule is Cc1c[nH]c2ncnc(N3CCC(N)(C(=O)N[C@@H](CCO)c4ccc(Cl)cc4)CC3)c12. The first kappa shape index (κ1) is 21.5. The summed E-state index contributed by atoms with van der Waals surface area (Å²) in [5, 5.41) is 14.1. The Bertz CT molecular complexity index is 1060. The number of aryl methyl sites for hydroxylation is 1. The number of aliphatic hydroxyl groups excluding tert-OH is 1. The average Bonchev–Trinajstić information content (AvgIpc) is 3.16. The van der Waals surface area contributed by atoms with Gasteiger partial charge in [-0.05, 0) is 49.4 Å². The lowest BCUT2D eigenvalue weighted by atomic mass is 9.87. The zero-order valence-electron chi connectivity index (χ0n) is 17.4. The van der Waals surface area contributed by atoms with E-state index in [9.17, 15) is 9.90 Å². The van der Waals surface area contributed by atoms with Crippen LogP contribution in [0.5, 0.6) is 0 Å². The maximum absolute atomic E-state index is 13.1. The molecule has 3 heterocycles. The number of carbonyl (C=O) groups excluding carboxylic acids is 1. The number of nitrogens with one attached hydrogen (secondary N) is 2. The van der Waals surface area contributed by atoms with Gasteiger partial charge in [0, 0.05) is 30.9 Å². The lowest BCUT2D eigenvalue weighted by Crippen LogP contribution is -2.60. The van der Waals surface area contributed by atoms with Crippen molar-refractivity contribution < 1.29 is 9.90 Å². The van der Waals surface area contributed by atoms with Crippen molar-refractivity contribution in [1.29, 1.82) is 0 Å². The molecule has 0 saturated carbocycles. The molecule has 1 atom stereocenters. The van der Waals surface area contributed by atoms with Gasteiger partial charge in [0.25, 0.3) is 0 Å². The van der Waals surface area contributed by atoms with Gasteiger partial charge in [-0.15, -0.1) is 0 Å². The van der Waals surface area contributed by atoms with Crippen molar-refractivity contribution in [3.63, 3.8) is 0 Å². The lowest BCUT2D eigenvalue weighted by molar-refractivity contribution is -0.128. The van der Waals surface area contributed by atoms with Crippen LogP contribution in [0.15, 0.2) is 36.8 Å². The van der Waals surface area contributed by atoms with Gasteiger partial charge in [-0.1, -0.05) is 23.7 Å². The zero-order valence-corrected chi connectivity index (χ0v) is 18.2. The molecule has 1 saturated heterocycles. The van der Waals surface area contributed by atoms with Crippen LogP contribution in [0.25, 0.3) is 11.0 Å². The van der Waals surface area contributed by atoms with Gasteiger partial charge in [0.1, 0.15) is 17.8 Å². The van der Waals surface area contributed by atoms with Crippen LogP contribution < -0.4 is 16.0 Å². The summed E-state index contributed by atoms with van der Waals surface area (Å²) in [6.45, 7) is 3.21. The third kappa shape index (κ3) is 4.37. The van der Waals surface area contributed by atoms with E-state index in [2.05, 4.69) is 25.2 Å². The first-order chi connectivity index (χ1) is 14.9. The van der Waals surface area contributed by atoms with Crippen LogP contribution in [-0.4, -0.2) is 51.2 Å². The van der Waals surface area contributed by atoms with Gasteiger partial charge in [-0.3, -0.25) is 4.79 Å². The molecule has 1 fully saturated rings. The molecule has 1 aliphatic heterocycles. The standard InChI is InChI=1S/C22H27ClN6O2/c1-14-12-25-19-18(14)20(27-13-26-19)29-9-7-22(24,8-10-29)21(31)28-17(6-11-30)15-2-4-16(23)5-3-15/h2-5,12-13,17,30H,6-11,24H2,1H3,(H,28,31)(H,25,26,27)/t17-/m0/s1. The number of piperidine rings is 1. The fourth-order valence-electron chi connectivity index (χ4n) is 4.13. The highest BCUT2D eigenvalue weighted by Crippen LogP contribution is 2.30. The second-order valence-electron chi connectivity index (χ2n) is 8.13. The lowest BCUT2D eigenvalue weighted by Gasteiger charge is -2.39. The van der Waals surface area contributed by atoms with Gasteiger partial charge in [0.15, 0.2) is 0 Å². The maximum atomic E-state index is 13.1. The van der Waals surface area contributed by atoms with E-state index < -0.39 is 5.54 Å². The second kappa shape index (κ2) is 8.82. The Morgan fingerprint density at radius 1 is 1.32 bits per heavy atom. The number of aliphatic hydroxyl groups is 1. The number of nitrogens with zero attached hydrogens (tertiary/aromatic N) is 3. The number of aromatic nitrogens is 3. The molecule has 4 rings (SSSR count). The maximum Gasteiger partial charge on any atom is 0.240 e. The minimum atomic E-state index is -0.976. The van der Waals surface area contributed by atoms with Crippen LogP contribution in [0.1, 0.15) is 36.4 Å². The highest BCUT2D eigenvalue weighted by molar-refractivity contribution is 6.30. The fraction of sp³-hybridized carbons (Fsp3) is 0.409. The Balaban J connectivity index is 1.46. The summed E-state index contributed by atoms with van der Waals surface area (Å²) < 4.78 is 0. The van der Waals surface area contributed by atoms with Crippen LogP contribution in [-0.2, 0) is 4.79 Å². The molecular formula is C22H27ClN6O2. The summed E-state index contributed by atoms with van der Waals surface area (Å²) in [4.78, 5) is 27.2. The van der Waals surface area contributed by atoms with E-state index in [0.717, 1.165) is 28.0 Å². The van der Waals surface area contributed by atoms with Crippen LogP contribution in [0.2, 0.25) is 5.02 Å². The predicted molar refractivity (Wildman–Crippen MR) is 121 cm³/mol. The highest BCUT2D eigenvalue weighted by Gasteiger charge is 2.39. The highest BCUT2D eigenvalue weighted by atomic mass is 35.5. The minimum Gasteiger partial charge on any atom is -0.396 e. The Labute approximate surface area is 185 Å². The molecule has 0 radical (unpaired) electrons. The van der Waals surface area contributed by atoms with Crippen molar-refractivity contribution in [3.8, 4) is 0 Å². The van der Waals surface area contributed by atoms with E-state index in [4.69, 9.17) is 17.3 Å². The van der Waals surface area contributed by atoms with Gasteiger partial charge in [0.05, 0.1) is 17.0 Å². The normalized spacial score (nSPS) is 17.0. The van der Waals surface area contributed by atoms with Crippen molar-refractivity contribution in [2.45, 2.75) is 37.8 Å². The molecule has 9 heteroatoms. The Morgan fingerprint density at radius 3 is 2.71 bits per heavy atom. The molecule has 8 nitrogen and oxygen atoms in total. The fourth-order valence-corrected chi connectivity index (χ4v) is 4.26. The molecule has 0 unspecified atom stereocenters. The number of carbonyl (C=O) groups is 1. The molecular weight excluding hydrogens is 416 g/mol. The van der Waals surface area contributed by atoms with Crippen LogP contribution in [0.4, 0.5) is 5.82 Å². The number of amides is 1. The van der Waals surface area contributed by atoms with E-state index >= 15 is 0 Å². The number of H-pyrrole nitrogens is 1. The van der Waals surface area contributed by atoms with Crippen molar-refractivity contribution in [3.05, 3.63) is 52.9 Å². The quantitative estimate of drug-likeness (QED) is 0.465. The van der Waals surface area contributed by atoms with Crippen LogP contribution in [0.3, 0.4) is 0 Å². The van der Waals surface area contributed by atoms with Crippen LogP contribution in [0, 0.1) is 6.92 Å². The first-order valence-electron chi connectivity index (χ1n) is 10.4. The Hall–Kier alpha value is -2.68. The molecule has 0 spiro atoms. The van der Waals surface area contributed by atoms with Crippen molar-refractivity contribution >= 4 is 34.4 Å². The number of aromatic amines is 1. The minimum absolute atomic E-state index is 0.0430. The molecule has 31 heavy (non-hydrogen) atoms. The van der Waals surface area contributed by atoms with Crippen molar-refractivity contribution in [2.24, 2.45) is 5.73 Å². The summed E-state index contributed by atoms with van der Waals surface area (Å²) in [6, 6.07) is 6.94. The summed E-state index contributed by atoms with van der Waals surface area (Å²) in [6.07, 6.45) is 4.88. The Kier molecular flexibility index (Phi) is 6.13. The number of anilines is 1. The van der Waals surface area contributed by atoms with E-state index in [-0.39, 0.29) is 18.6 Å². The second-order valence-corrected chi connectivity index (χ2v) is 8.56. The number of hydrogen-bond donors (Lipinski definition) is 4. The third-order valence-electron chi connectivity index (χ3n) is 6.05. The number of fused-ring (bicyclic) bond motifs is 1. The van der Waals surface area contributed by atoms with E-state index in [0.29, 0.717) is 37.4 Å². The van der Waals surface area contributed by atoms with E-state index in [1.807, 2.05) is 25.3 Å². The first-order valence-corrected chi connectivity index (χ1v) is 10.8. The van der Waals surface area contributed by atoms with Crippen molar-refractivity contribution in [2.75, 3.05) is 24.6 Å². The van der Waals surface area contributed by atoms with Crippen molar-refractivity contribution in [1.82, 2.24) is 20.3 Å². The average molecular weight is 443 g/mol. The summed E-state index contributed by atoms with van der Waals surface area (Å²) >= 11 is 5.97. The Morgan fingerprint density at radius 2 is 2.03 bits per heavy atom. The van der Waals surface area contributed by atoms with Gasteiger partial charge in [0.2, 0.25) is 5.91 Å². The molecule has 1 aromatic carbocycles. The number of rotatable bonds is 6. The summed E-state index contributed by atoms with van der Waals surface area (Å²) in [5.41, 5.74) is 8.35. The van der Waals surface area contributed by atoms with E-state index in [1.165, 1.54) is 0 Å². The number of halogens is 1. The van der Waals surface area contributed by atoms with Gasteiger partial charge in [-0.25, -0.2) is 9.97 Å². The third-order valence-corrected chi connectivity index (χ3v) is 6.30. The van der Waals surface area contributed by atoms with Gasteiger partial charge < -0.3 is 26.0 Å². The molecule has 0 bridgehead atoms. The van der Waals surface area contributed by atoms with Gasteiger partial charge >= 0.3 is 0 Å². The predicted octanol–water partition coefficient (Wildman–Crippen LogP) is 2.46. The van der Waals surface area contributed by atoms with Crippen LogP contribution >= 0.6 is 11.6 Å². The molecule has 3 aromatic rings. The monoisotopic (exact) mass is 442 g/mol. The molecule has 164 valence electrons. The largest absolute Gasteiger partial charge is 0.396 e. The molecule has 1 aliphatic rings. The van der Waals surface area contributed by atoms with Gasteiger partial charge in [-0.2, -0.15) is 0 Å². The zero-order chi connectivity index (χ0) is 22.0. The summed E-state index contributed by atoms with van der Waals surface area (Å²) in [5.74, 6) is 0.664.